The highest BCUT2D eigenvalue weighted by molar-refractivity contribution is 5.94. The Morgan fingerprint density at radius 3 is 2.28 bits per heavy atom. The molecule has 0 saturated heterocycles. The van der Waals surface area contributed by atoms with Crippen molar-refractivity contribution in [1.29, 1.82) is 0 Å². The van der Waals surface area contributed by atoms with E-state index in [4.69, 9.17) is 0 Å². The van der Waals surface area contributed by atoms with Gasteiger partial charge in [0.2, 0.25) is 5.91 Å². The molecule has 32 heavy (non-hydrogen) atoms. The van der Waals surface area contributed by atoms with E-state index in [1.165, 1.54) is 18.2 Å². The molecule has 0 atom stereocenters. The molecule has 0 spiro atoms. The smallest absolute Gasteiger partial charge is 0.254 e. The number of benzene rings is 2. The van der Waals surface area contributed by atoms with E-state index in [1.807, 2.05) is 33.7 Å². The average molecular weight is 439 g/mol. The van der Waals surface area contributed by atoms with Crippen LogP contribution in [-0.2, 0) is 17.9 Å². The second kappa shape index (κ2) is 10.4. The third-order valence-electron chi connectivity index (χ3n) is 5.08. The second-order valence-corrected chi connectivity index (χ2v) is 8.85. The predicted molar refractivity (Wildman–Crippen MR) is 124 cm³/mol. The first-order chi connectivity index (χ1) is 15.3. The molecule has 0 fully saturated rings. The van der Waals surface area contributed by atoms with Gasteiger partial charge in [-0.05, 0) is 36.1 Å². The molecule has 0 aliphatic carbocycles. The van der Waals surface area contributed by atoms with Crippen molar-refractivity contribution in [3.63, 3.8) is 0 Å². The predicted octanol–water partition coefficient (Wildman–Crippen LogP) is 4.25. The molecule has 0 radical (unpaired) electrons. The zero-order chi connectivity index (χ0) is 23.3. The number of imidazole rings is 1. The van der Waals surface area contributed by atoms with Crippen LogP contribution in [0, 0.1) is 17.7 Å². The van der Waals surface area contributed by atoms with Crippen molar-refractivity contribution in [3.8, 4) is 0 Å². The van der Waals surface area contributed by atoms with Gasteiger partial charge in [-0.1, -0.05) is 52.0 Å². The third-order valence-corrected chi connectivity index (χ3v) is 5.08. The number of halogens is 1. The molecule has 1 aromatic heterocycles. The first kappa shape index (κ1) is 23.4. The Morgan fingerprint density at radius 2 is 1.62 bits per heavy atom. The Balaban J connectivity index is 1.84. The maximum Gasteiger partial charge on any atom is 0.254 e. The largest absolute Gasteiger partial charge is 0.345 e. The van der Waals surface area contributed by atoms with E-state index in [2.05, 4.69) is 38.0 Å². The van der Waals surface area contributed by atoms with E-state index in [1.54, 1.807) is 6.07 Å². The lowest BCUT2D eigenvalue weighted by Crippen LogP contribution is -2.39. The summed E-state index contributed by atoms with van der Waals surface area (Å²) in [6, 6.07) is 13.4. The van der Waals surface area contributed by atoms with Gasteiger partial charge in [-0.25, -0.2) is 9.37 Å². The lowest BCUT2D eigenvalue weighted by atomic mass is 10.1. The van der Waals surface area contributed by atoms with E-state index in [0.717, 1.165) is 11.0 Å². The van der Waals surface area contributed by atoms with E-state index in [0.29, 0.717) is 30.7 Å². The quantitative estimate of drug-likeness (QED) is 0.543. The minimum Gasteiger partial charge on any atom is -0.345 e. The molecule has 2 aromatic carbocycles. The monoisotopic (exact) mass is 438 g/mol. The number of carbonyl (C=O) groups is 2. The maximum absolute atomic E-state index is 13.9. The number of aromatic nitrogens is 2. The van der Waals surface area contributed by atoms with Gasteiger partial charge in [-0.3, -0.25) is 9.59 Å². The van der Waals surface area contributed by atoms with Gasteiger partial charge in [0.1, 0.15) is 18.2 Å². The van der Waals surface area contributed by atoms with Gasteiger partial charge in [0.25, 0.3) is 5.91 Å². The number of hydrogen-bond acceptors (Lipinski definition) is 3. The Bertz CT molecular complexity index is 1080. The van der Waals surface area contributed by atoms with Gasteiger partial charge in [0.05, 0.1) is 23.1 Å². The molecule has 3 aromatic rings. The molecule has 3 rings (SSSR count). The number of hydrogen-bond donors (Lipinski definition) is 1. The van der Waals surface area contributed by atoms with Crippen molar-refractivity contribution in [2.75, 3.05) is 13.1 Å². The van der Waals surface area contributed by atoms with Crippen molar-refractivity contribution in [2.24, 2.45) is 11.8 Å². The molecule has 0 aliphatic heterocycles. The number of carbonyl (C=O) groups excluding carboxylic acids is 2. The molecule has 0 saturated carbocycles. The Morgan fingerprint density at radius 1 is 1.00 bits per heavy atom. The van der Waals surface area contributed by atoms with Crippen molar-refractivity contribution < 1.29 is 14.0 Å². The topological polar surface area (TPSA) is 67.2 Å². The number of fused-ring (bicyclic) bond motifs is 1. The Hall–Kier alpha value is -3.22. The summed E-state index contributed by atoms with van der Waals surface area (Å²) in [5.74, 6) is 0.185. The maximum atomic E-state index is 13.9. The molecule has 0 bridgehead atoms. The van der Waals surface area contributed by atoms with Crippen LogP contribution in [-0.4, -0.2) is 39.4 Å². The lowest BCUT2D eigenvalue weighted by molar-refractivity contribution is -0.132. The summed E-state index contributed by atoms with van der Waals surface area (Å²) in [4.78, 5) is 32.2. The molecule has 2 amide bonds. The summed E-state index contributed by atoms with van der Waals surface area (Å²) >= 11 is 0. The summed E-state index contributed by atoms with van der Waals surface area (Å²) in [6.07, 6.45) is 0. The fourth-order valence-electron chi connectivity index (χ4n) is 3.73. The highest BCUT2D eigenvalue weighted by atomic mass is 19.1. The van der Waals surface area contributed by atoms with Crippen molar-refractivity contribution in [1.82, 2.24) is 19.8 Å². The van der Waals surface area contributed by atoms with Crippen LogP contribution in [0.5, 0.6) is 0 Å². The van der Waals surface area contributed by atoms with Gasteiger partial charge in [0.15, 0.2) is 0 Å². The van der Waals surface area contributed by atoms with Crippen LogP contribution >= 0.6 is 0 Å². The molecule has 170 valence electrons. The van der Waals surface area contributed by atoms with Crippen LogP contribution in [0.2, 0.25) is 0 Å². The van der Waals surface area contributed by atoms with Crippen LogP contribution in [0.15, 0.2) is 48.5 Å². The van der Waals surface area contributed by atoms with Gasteiger partial charge < -0.3 is 14.8 Å². The fraction of sp³-hybridized carbons (Fsp3) is 0.400. The molecule has 7 heteroatoms. The average Bonchev–Trinajstić information content (AvgIpc) is 3.08. The number of amides is 2. The summed E-state index contributed by atoms with van der Waals surface area (Å²) < 4.78 is 15.8. The molecule has 0 unspecified atom stereocenters. The van der Waals surface area contributed by atoms with Crippen LogP contribution in [0.4, 0.5) is 4.39 Å². The summed E-state index contributed by atoms with van der Waals surface area (Å²) in [6.45, 7) is 9.96. The molecule has 6 nitrogen and oxygen atoms in total. The summed E-state index contributed by atoms with van der Waals surface area (Å²) in [5, 5.41) is 2.74. The van der Waals surface area contributed by atoms with Gasteiger partial charge in [-0.15, -0.1) is 0 Å². The SMILES string of the molecule is CC(C)CN(CC(C)C)C(=O)Cn1c(CNC(=O)c2ccccc2F)nc2ccccc21. The first-order valence-electron chi connectivity index (χ1n) is 11.0. The Kier molecular flexibility index (Phi) is 7.62. The number of nitrogens with one attached hydrogen (secondary N) is 1. The molecular weight excluding hydrogens is 407 g/mol. The molecular formula is C25H31FN4O2. The fourth-order valence-corrected chi connectivity index (χ4v) is 3.73. The van der Waals surface area contributed by atoms with Crippen LogP contribution in [0.1, 0.15) is 43.9 Å². The van der Waals surface area contributed by atoms with Crippen molar-refractivity contribution >= 4 is 22.8 Å². The van der Waals surface area contributed by atoms with Crippen molar-refractivity contribution in [3.05, 3.63) is 65.7 Å². The highest BCUT2D eigenvalue weighted by Crippen LogP contribution is 2.17. The lowest BCUT2D eigenvalue weighted by Gasteiger charge is -2.27. The number of para-hydroxylation sites is 2. The zero-order valence-corrected chi connectivity index (χ0v) is 19.1. The summed E-state index contributed by atoms with van der Waals surface area (Å²) in [7, 11) is 0. The normalized spacial score (nSPS) is 11.3. The minimum absolute atomic E-state index is 0.0113. The standard InChI is InChI=1S/C25H31FN4O2/c1-17(2)14-29(15-18(3)4)24(31)16-30-22-12-8-7-11-21(22)28-23(30)13-27-25(32)19-9-5-6-10-20(19)26/h5-12,17-18H,13-16H2,1-4H3,(H,27,32). The van der Waals surface area contributed by atoms with Gasteiger partial charge in [0, 0.05) is 13.1 Å². The van der Waals surface area contributed by atoms with E-state index < -0.39 is 11.7 Å². The van der Waals surface area contributed by atoms with Crippen LogP contribution in [0.3, 0.4) is 0 Å². The van der Waals surface area contributed by atoms with Crippen LogP contribution in [0.25, 0.3) is 11.0 Å². The van der Waals surface area contributed by atoms with E-state index >= 15 is 0 Å². The number of nitrogens with zero attached hydrogens (tertiary/aromatic N) is 3. The zero-order valence-electron chi connectivity index (χ0n) is 19.1. The van der Waals surface area contributed by atoms with E-state index in [-0.39, 0.29) is 24.6 Å². The van der Waals surface area contributed by atoms with E-state index in [9.17, 15) is 14.0 Å². The van der Waals surface area contributed by atoms with Gasteiger partial charge in [-0.2, -0.15) is 0 Å². The third kappa shape index (κ3) is 5.72. The first-order valence-corrected chi connectivity index (χ1v) is 11.0. The van der Waals surface area contributed by atoms with Crippen molar-refractivity contribution in [2.45, 2.75) is 40.8 Å². The van der Waals surface area contributed by atoms with Gasteiger partial charge >= 0.3 is 0 Å². The molecule has 0 aliphatic rings. The summed E-state index contributed by atoms with van der Waals surface area (Å²) in [5.41, 5.74) is 1.55. The van der Waals surface area contributed by atoms with Crippen LogP contribution < -0.4 is 5.32 Å². The molecule has 1 heterocycles. The molecule has 1 N–H and O–H groups in total. The second-order valence-electron chi connectivity index (χ2n) is 8.85. The number of rotatable bonds is 9. The Labute approximate surface area is 188 Å². The minimum atomic E-state index is -0.577. The highest BCUT2D eigenvalue weighted by Gasteiger charge is 2.20.